The van der Waals surface area contributed by atoms with Gasteiger partial charge in [-0.1, -0.05) is 87.5 Å². The molecule has 11 heteroatoms. The lowest BCUT2D eigenvalue weighted by Gasteiger charge is -2.19. The number of carbonyl (C=O) groups excluding carboxylic acids is 4. The van der Waals surface area contributed by atoms with E-state index in [1.54, 1.807) is 48.5 Å². The molecule has 0 heterocycles. The molecular weight excluding hydrogens is 670 g/mol. The van der Waals surface area contributed by atoms with E-state index in [-0.39, 0.29) is 63.9 Å². The molecule has 0 bridgehead atoms. The number of esters is 1. The van der Waals surface area contributed by atoms with Crippen molar-refractivity contribution < 1.29 is 28.7 Å². The molecule has 6 N–H and O–H groups in total. The van der Waals surface area contributed by atoms with Gasteiger partial charge in [0.15, 0.2) is 0 Å². The van der Waals surface area contributed by atoms with E-state index in [0.29, 0.717) is 17.8 Å². The Morgan fingerprint density at radius 2 is 1.21 bits per heavy atom. The Morgan fingerprint density at radius 1 is 0.623 bits per heavy atom. The second kappa shape index (κ2) is 17.0. The number of hydrogen-bond acceptors (Lipinski definition) is 7. The zero-order valence-electron chi connectivity index (χ0n) is 29.7. The number of rotatable bonds is 12. The molecular formula is C42H41N5O6. The molecule has 0 atom stereocenters. The number of carbonyl (C=O) groups is 4. The number of nitrogen functional groups attached to an aromatic ring is 1. The molecule has 5 aromatic carbocycles. The smallest absolute Gasteiger partial charge is 0.411 e. The van der Waals surface area contributed by atoms with Gasteiger partial charge < -0.3 is 25.8 Å². The van der Waals surface area contributed by atoms with Crippen molar-refractivity contribution in [2.24, 2.45) is 11.1 Å². The molecule has 0 saturated carbocycles. The van der Waals surface area contributed by atoms with Gasteiger partial charge in [0, 0.05) is 34.6 Å². The van der Waals surface area contributed by atoms with Crippen molar-refractivity contribution in [1.29, 1.82) is 5.41 Å². The number of hydrogen-bond donors (Lipinski definition) is 5. The molecule has 0 aliphatic heterocycles. The summed E-state index contributed by atoms with van der Waals surface area (Å²) in [6.45, 7) is 6.38. The highest BCUT2D eigenvalue weighted by Gasteiger charge is 2.23. The SMILES string of the molecule is CC(C)(C)CNC(=O)c1ccc(-c2cc(NC(=O)OCc3ccccc3)ccc2C(=O)Nc2ccc(C(=N)N)cc2)c(C(=O)OCc2ccccc2)c1. The summed E-state index contributed by atoms with van der Waals surface area (Å²) in [4.78, 5) is 53.9. The molecule has 5 rings (SSSR count). The fourth-order valence-electron chi connectivity index (χ4n) is 5.19. The Hall–Kier alpha value is -6.75. The van der Waals surface area contributed by atoms with Crippen LogP contribution in [0, 0.1) is 10.8 Å². The number of amidine groups is 1. The summed E-state index contributed by atoms with van der Waals surface area (Å²) in [7, 11) is 0. The normalized spacial score (nSPS) is 10.8. The number of ether oxygens (including phenoxy) is 2. The molecule has 0 unspecified atom stereocenters. The average Bonchev–Trinajstić information content (AvgIpc) is 3.15. The lowest BCUT2D eigenvalue weighted by Crippen LogP contribution is -2.32. The predicted molar refractivity (Wildman–Crippen MR) is 205 cm³/mol. The Bertz CT molecular complexity index is 2110. The molecule has 0 fully saturated rings. The molecule has 5 aromatic rings. The molecule has 0 radical (unpaired) electrons. The van der Waals surface area contributed by atoms with Crippen molar-refractivity contribution in [1.82, 2.24) is 5.32 Å². The first-order valence-corrected chi connectivity index (χ1v) is 16.9. The number of nitrogens with one attached hydrogen (secondary N) is 4. The third kappa shape index (κ3) is 10.6. The monoisotopic (exact) mass is 711 g/mol. The summed E-state index contributed by atoms with van der Waals surface area (Å²) < 4.78 is 11.1. The van der Waals surface area contributed by atoms with Gasteiger partial charge in [-0.2, -0.15) is 0 Å². The minimum atomic E-state index is -0.726. The second-order valence-corrected chi connectivity index (χ2v) is 13.5. The Balaban J connectivity index is 1.54. The van der Waals surface area contributed by atoms with E-state index in [9.17, 15) is 19.2 Å². The molecule has 11 nitrogen and oxygen atoms in total. The van der Waals surface area contributed by atoms with Crippen molar-refractivity contribution in [3.8, 4) is 11.1 Å². The highest BCUT2D eigenvalue weighted by Crippen LogP contribution is 2.33. The zero-order valence-corrected chi connectivity index (χ0v) is 29.7. The van der Waals surface area contributed by atoms with Crippen molar-refractivity contribution >= 4 is 41.1 Å². The molecule has 270 valence electrons. The summed E-state index contributed by atoms with van der Waals surface area (Å²) in [6.07, 6.45) is -0.726. The van der Waals surface area contributed by atoms with Crippen LogP contribution in [0.15, 0.2) is 121 Å². The van der Waals surface area contributed by atoms with Crippen LogP contribution in [0.1, 0.15) is 68.5 Å². The third-order valence-electron chi connectivity index (χ3n) is 7.96. The largest absolute Gasteiger partial charge is 0.457 e. The molecule has 0 spiro atoms. The number of amides is 3. The second-order valence-electron chi connectivity index (χ2n) is 13.5. The minimum absolute atomic E-state index is 0.0297. The maximum atomic E-state index is 13.9. The van der Waals surface area contributed by atoms with Gasteiger partial charge in [-0.05, 0) is 82.3 Å². The highest BCUT2D eigenvalue weighted by atomic mass is 16.5. The Morgan fingerprint density at radius 3 is 1.81 bits per heavy atom. The van der Waals surface area contributed by atoms with Crippen molar-refractivity contribution in [3.63, 3.8) is 0 Å². The van der Waals surface area contributed by atoms with E-state index in [1.165, 1.54) is 12.1 Å². The van der Waals surface area contributed by atoms with E-state index >= 15 is 0 Å². The van der Waals surface area contributed by atoms with Gasteiger partial charge in [0.1, 0.15) is 19.0 Å². The highest BCUT2D eigenvalue weighted by molar-refractivity contribution is 6.12. The number of anilines is 2. The van der Waals surface area contributed by atoms with Crippen LogP contribution in [0.25, 0.3) is 11.1 Å². The van der Waals surface area contributed by atoms with Crippen LogP contribution in [0.2, 0.25) is 0 Å². The van der Waals surface area contributed by atoms with Crippen LogP contribution in [0.5, 0.6) is 0 Å². The van der Waals surface area contributed by atoms with Crippen LogP contribution in [-0.4, -0.2) is 36.3 Å². The van der Waals surface area contributed by atoms with Crippen molar-refractivity contribution in [2.45, 2.75) is 34.0 Å². The van der Waals surface area contributed by atoms with Crippen LogP contribution in [0.4, 0.5) is 16.2 Å². The standard InChI is InChI=1S/C42H41N5O6/c1-42(2,3)26-45-38(48)30-16-20-33(36(22-30)40(50)52-24-27-10-6-4-7-11-27)35-23-32(47-41(51)53-25-28-12-8-5-9-13-28)19-21-34(35)39(49)46-31-17-14-29(15-18-31)37(43)44/h4-23H,24-26H2,1-3H3,(H3,43,44)(H,45,48)(H,46,49)(H,47,51). The fraction of sp³-hybridized carbons (Fsp3) is 0.167. The van der Waals surface area contributed by atoms with E-state index in [4.69, 9.17) is 20.6 Å². The summed E-state index contributed by atoms with van der Waals surface area (Å²) in [5.74, 6) is -1.74. The van der Waals surface area contributed by atoms with Crippen molar-refractivity contribution in [3.05, 3.63) is 155 Å². The Kier molecular flexibility index (Phi) is 12.0. The van der Waals surface area contributed by atoms with E-state index in [2.05, 4.69) is 16.0 Å². The summed E-state index contributed by atoms with van der Waals surface area (Å²) in [6, 6.07) is 34.0. The molecule has 0 saturated heterocycles. The summed E-state index contributed by atoms with van der Waals surface area (Å²) >= 11 is 0. The van der Waals surface area contributed by atoms with E-state index < -0.39 is 18.0 Å². The van der Waals surface area contributed by atoms with Crippen molar-refractivity contribution in [2.75, 3.05) is 17.2 Å². The van der Waals surface area contributed by atoms with Gasteiger partial charge >= 0.3 is 12.1 Å². The maximum Gasteiger partial charge on any atom is 0.411 e. The van der Waals surface area contributed by atoms with Crippen LogP contribution < -0.4 is 21.7 Å². The summed E-state index contributed by atoms with van der Waals surface area (Å²) in [5.41, 5.74) is 9.16. The molecule has 53 heavy (non-hydrogen) atoms. The zero-order chi connectivity index (χ0) is 38.0. The molecule has 0 aromatic heterocycles. The number of benzene rings is 5. The van der Waals surface area contributed by atoms with E-state index in [0.717, 1.165) is 11.1 Å². The first-order chi connectivity index (χ1) is 25.4. The van der Waals surface area contributed by atoms with Gasteiger partial charge in [-0.3, -0.25) is 20.3 Å². The quantitative estimate of drug-likeness (QED) is 0.0499. The fourth-order valence-corrected chi connectivity index (χ4v) is 5.19. The van der Waals surface area contributed by atoms with Gasteiger partial charge in [0.25, 0.3) is 11.8 Å². The van der Waals surface area contributed by atoms with Gasteiger partial charge in [0.2, 0.25) is 0 Å². The molecule has 0 aliphatic carbocycles. The number of nitrogens with two attached hydrogens (primary N) is 1. The minimum Gasteiger partial charge on any atom is -0.457 e. The topological polar surface area (TPSA) is 173 Å². The lowest BCUT2D eigenvalue weighted by atomic mass is 9.92. The molecule has 3 amide bonds. The Labute approximate surface area is 308 Å². The van der Waals surface area contributed by atoms with Gasteiger partial charge in [-0.25, -0.2) is 9.59 Å². The van der Waals surface area contributed by atoms with Gasteiger partial charge in [0.05, 0.1) is 5.56 Å². The summed E-state index contributed by atoms with van der Waals surface area (Å²) in [5, 5.41) is 16.1. The van der Waals surface area contributed by atoms with Crippen LogP contribution >= 0.6 is 0 Å². The first kappa shape index (κ1) is 37.5. The first-order valence-electron chi connectivity index (χ1n) is 16.9. The van der Waals surface area contributed by atoms with Gasteiger partial charge in [-0.15, -0.1) is 0 Å². The average molecular weight is 712 g/mol. The maximum absolute atomic E-state index is 13.9. The lowest BCUT2D eigenvalue weighted by molar-refractivity contribution is 0.0473. The molecule has 0 aliphatic rings. The van der Waals surface area contributed by atoms with Crippen LogP contribution in [-0.2, 0) is 22.7 Å². The predicted octanol–water partition coefficient (Wildman–Crippen LogP) is 7.77. The van der Waals surface area contributed by atoms with E-state index in [1.807, 2.05) is 81.4 Å². The third-order valence-corrected chi connectivity index (χ3v) is 7.96. The van der Waals surface area contributed by atoms with Crippen LogP contribution in [0.3, 0.4) is 0 Å².